The van der Waals surface area contributed by atoms with Gasteiger partial charge >= 0.3 is 0 Å². The molecule has 0 spiro atoms. The fourth-order valence-electron chi connectivity index (χ4n) is 5.90. The van der Waals surface area contributed by atoms with Crippen molar-refractivity contribution in [2.24, 2.45) is 0 Å². The zero-order chi connectivity index (χ0) is 21.4. The van der Waals surface area contributed by atoms with E-state index in [1.165, 1.54) is 60.5 Å². The van der Waals surface area contributed by atoms with Crippen LogP contribution in [0.3, 0.4) is 0 Å². The Balaban J connectivity index is 1.65. The maximum absolute atomic E-state index is 2.42. The van der Waals surface area contributed by atoms with Gasteiger partial charge in [-0.3, -0.25) is 0 Å². The molecule has 0 atom stereocenters. The third kappa shape index (κ3) is 2.18. The van der Waals surface area contributed by atoms with Gasteiger partial charge in [0.2, 0.25) is 0 Å². The van der Waals surface area contributed by atoms with Crippen LogP contribution in [0.1, 0.15) is 25.0 Å². The third-order valence-electron chi connectivity index (χ3n) is 7.33. The Hall–Kier alpha value is -3.84. The van der Waals surface area contributed by atoms with Gasteiger partial charge in [-0.05, 0) is 69.4 Å². The molecular weight excluding hydrogens is 386 g/mol. The highest BCUT2D eigenvalue weighted by Gasteiger charge is 2.38. The van der Waals surface area contributed by atoms with E-state index in [1.54, 1.807) is 0 Å². The second-order valence-electron chi connectivity index (χ2n) is 9.44. The number of benzene rings is 5. The van der Waals surface area contributed by atoms with E-state index in [0.717, 1.165) is 0 Å². The molecule has 1 heteroatoms. The molecule has 5 aromatic carbocycles. The quantitative estimate of drug-likeness (QED) is 0.258. The van der Waals surface area contributed by atoms with Crippen LogP contribution in [0.15, 0.2) is 103 Å². The van der Waals surface area contributed by atoms with Crippen molar-refractivity contribution in [1.29, 1.82) is 0 Å². The second kappa shape index (κ2) is 6.11. The SMILES string of the molecule is CC1(C)c2cc3ccccc3cc2-c2ccc3c(c21)c1ccccc1n3-c1ccccc1. The Labute approximate surface area is 187 Å². The van der Waals surface area contributed by atoms with E-state index in [1.807, 2.05) is 0 Å². The summed E-state index contributed by atoms with van der Waals surface area (Å²) in [6, 6.07) is 37.7. The molecule has 1 nitrogen and oxygen atoms in total. The van der Waals surface area contributed by atoms with Crippen molar-refractivity contribution in [2.75, 3.05) is 0 Å². The summed E-state index contributed by atoms with van der Waals surface area (Å²) in [7, 11) is 0. The highest BCUT2D eigenvalue weighted by Crippen LogP contribution is 2.54. The lowest BCUT2D eigenvalue weighted by molar-refractivity contribution is 0.667. The van der Waals surface area contributed by atoms with Gasteiger partial charge in [-0.25, -0.2) is 0 Å². The average molecular weight is 410 g/mol. The van der Waals surface area contributed by atoms with Gasteiger partial charge in [0.15, 0.2) is 0 Å². The number of hydrogen-bond acceptors (Lipinski definition) is 0. The maximum atomic E-state index is 2.42. The Morgan fingerprint density at radius 1 is 0.594 bits per heavy atom. The van der Waals surface area contributed by atoms with Crippen molar-refractivity contribution in [3.05, 3.63) is 114 Å². The van der Waals surface area contributed by atoms with Crippen LogP contribution < -0.4 is 0 Å². The predicted octanol–water partition coefficient (Wildman–Crippen LogP) is 8.24. The lowest BCUT2D eigenvalue weighted by atomic mass is 9.80. The summed E-state index contributed by atoms with van der Waals surface area (Å²) in [5.41, 5.74) is 9.31. The second-order valence-corrected chi connectivity index (χ2v) is 9.44. The molecule has 1 heterocycles. The molecule has 0 saturated carbocycles. The Bertz CT molecular complexity index is 1680. The first kappa shape index (κ1) is 17.8. The molecular formula is C31H23N. The van der Waals surface area contributed by atoms with E-state index in [-0.39, 0.29) is 5.41 Å². The Morgan fingerprint density at radius 3 is 2.09 bits per heavy atom. The van der Waals surface area contributed by atoms with Gasteiger partial charge in [-0.15, -0.1) is 0 Å². The minimum Gasteiger partial charge on any atom is -0.309 e. The first-order valence-electron chi connectivity index (χ1n) is 11.3. The fourth-order valence-corrected chi connectivity index (χ4v) is 5.90. The summed E-state index contributed by atoms with van der Waals surface area (Å²) < 4.78 is 2.42. The van der Waals surface area contributed by atoms with E-state index in [0.29, 0.717) is 0 Å². The first-order chi connectivity index (χ1) is 15.6. The molecule has 0 fully saturated rings. The summed E-state index contributed by atoms with van der Waals surface area (Å²) in [4.78, 5) is 0. The molecule has 0 saturated heterocycles. The summed E-state index contributed by atoms with van der Waals surface area (Å²) in [5, 5.41) is 5.33. The number of nitrogens with zero attached hydrogens (tertiary/aromatic N) is 1. The van der Waals surface area contributed by atoms with Crippen LogP contribution in [0.25, 0.3) is 49.4 Å². The molecule has 6 aromatic rings. The van der Waals surface area contributed by atoms with E-state index in [9.17, 15) is 0 Å². The number of para-hydroxylation sites is 2. The minimum atomic E-state index is -0.0696. The lowest BCUT2D eigenvalue weighted by Crippen LogP contribution is -2.15. The van der Waals surface area contributed by atoms with Gasteiger partial charge in [-0.2, -0.15) is 0 Å². The maximum Gasteiger partial charge on any atom is 0.0544 e. The topological polar surface area (TPSA) is 4.93 Å². The van der Waals surface area contributed by atoms with Gasteiger partial charge in [0.1, 0.15) is 0 Å². The van der Waals surface area contributed by atoms with E-state index < -0.39 is 0 Å². The monoisotopic (exact) mass is 409 g/mol. The van der Waals surface area contributed by atoms with E-state index in [2.05, 4.69) is 122 Å². The van der Waals surface area contributed by atoms with E-state index in [4.69, 9.17) is 0 Å². The zero-order valence-electron chi connectivity index (χ0n) is 18.3. The molecule has 1 aliphatic rings. The van der Waals surface area contributed by atoms with Gasteiger partial charge in [0.25, 0.3) is 0 Å². The predicted molar refractivity (Wildman–Crippen MR) is 136 cm³/mol. The van der Waals surface area contributed by atoms with Crippen molar-refractivity contribution < 1.29 is 0 Å². The molecule has 32 heavy (non-hydrogen) atoms. The van der Waals surface area contributed by atoms with Crippen molar-refractivity contribution >= 4 is 32.6 Å². The van der Waals surface area contributed by atoms with Crippen molar-refractivity contribution in [3.63, 3.8) is 0 Å². The Kier molecular flexibility index (Phi) is 3.40. The van der Waals surface area contributed by atoms with Crippen molar-refractivity contribution in [2.45, 2.75) is 19.3 Å². The smallest absolute Gasteiger partial charge is 0.0544 e. The number of aromatic nitrogens is 1. The van der Waals surface area contributed by atoms with Crippen LogP contribution in [0.2, 0.25) is 0 Å². The summed E-state index contributed by atoms with van der Waals surface area (Å²) in [5.74, 6) is 0. The molecule has 1 aromatic heterocycles. The molecule has 7 rings (SSSR count). The Morgan fingerprint density at radius 2 is 1.28 bits per heavy atom. The molecule has 152 valence electrons. The van der Waals surface area contributed by atoms with Crippen LogP contribution in [0, 0.1) is 0 Å². The molecule has 1 aliphatic carbocycles. The van der Waals surface area contributed by atoms with Gasteiger partial charge in [0.05, 0.1) is 11.0 Å². The minimum absolute atomic E-state index is 0.0696. The first-order valence-corrected chi connectivity index (χ1v) is 11.3. The van der Waals surface area contributed by atoms with Crippen molar-refractivity contribution in [3.8, 4) is 16.8 Å². The van der Waals surface area contributed by atoms with Gasteiger partial charge in [0, 0.05) is 21.9 Å². The average Bonchev–Trinajstić information content (AvgIpc) is 3.27. The van der Waals surface area contributed by atoms with Crippen LogP contribution in [0.5, 0.6) is 0 Å². The number of hydrogen-bond donors (Lipinski definition) is 0. The summed E-state index contributed by atoms with van der Waals surface area (Å²) >= 11 is 0. The van der Waals surface area contributed by atoms with Crippen molar-refractivity contribution in [1.82, 2.24) is 4.57 Å². The fraction of sp³-hybridized carbons (Fsp3) is 0.0968. The largest absolute Gasteiger partial charge is 0.309 e. The van der Waals surface area contributed by atoms with Crippen LogP contribution in [-0.2, 0) is 5.41 Å². The standard InChI is InChI=1S/C31H23N/c1-31(2)26-19-21-11-7-6-10-20(21)18-25(26)23-16-17-28-29(30(23)31)24-14-8-9-15-27(24)32(28)22-12-4-3-5-13-22/h3-19H,1-2H3. The third-order valence-corrected chi connectivity index (χ3v) is 7.33. The van der Waals surface area contributed by atoms with E-state index >= 15 is 0 Å². The van der Waals surface area contributed by atoms with Crippen LogP contribution in [-0.4, -0.2) is 4.57 Å². The molecule has 0 amide bonds. The summed E-state index contributed by atoms with van der Waals surface area (Å²) in [6.07, 6.45) is 0. The normalized spacial score (nSPS) is 14.2. The summed E-state index contributed by atoms with van der Waals surface area (Å²) in [6.45, 7) is 4.78. The number of fused-ring (bicyclic) bond motifs is 8. The van der Waals surface area contributed by atoms with Gasteiger partial charge < -0.3 is 4.57 Å². The van der Waals surface area contributed by atoms with Crippen LogP contribution >= 0.6 is 0 Å². The molecule has 0 bridgehead atoms. The van der Waals surface area contributed by atoms with Crippen LogP contribution in [0.4, 0.5) is 0 Å². The number of rotatable bonds is 1. The molecule has 0 N–H and O–H groups in total. The highest BCUT2D eigenvalue weighted by molar-refractivity contribution is 6.14. The zero-order valence-corrected chi connectivity index (χ0v) is 18.3. The molecule has 0 unspecified atom stereocenters. The highest BCUT2D eigenvalue weighted by atomic mass is 15.0. The van der Waals surface area contributed by atoms with Gasteiger partial charge in [-0.1, -0.05) is 80.6 Å². The molecule has 0 aliphatic heterocycles. The molecule has 0 radical (unpaired) electrons. The lowest BCUT2D eigenvalue weighted by Gasteiger charge is -2.23.